The van der Waals surface area contributed by atoms with Crippen LogP contribution in [0.15, 0.2) is 194 Å². The molecule has 0 aliphatic rings. The number of fused-ring (bicyclic) bond motifs is 1. The second-order valence-corrected chi connectivity index (χ2v) is 24.9. The van der Waals surface area contributed by atoms with Crippen molar-refractivity contribution >= 4 is 68.4 Å². The maximum absolute atomic E-state index is 12.8. The lowest BCUT2D eigenvalue weighted by Gasteiger charge is -2.26. The Labute approximate surface area is 565 Å². The average molecular weight is 1290 g/mol. The van der Waals surface area contributed by atoms with Crippen LogP contribution in [0.2, 0.25) is 0 Å². The molecule has 95 heavy (non-hydrogen) atoms. The summed E-state index contributed by atoms with van der Waals surface area (Å²) in [5.41, 5.74) is 12.7. The summed E-state index contributed by atoms with van der Waals surface area (Å²) in [6.07, 6.45) is 18.2. The lowest BCUT2D eigenvalue weighted by atomic mass is 10.0. The van der Waals surface area contributed by atoms with Gasteiger partial charge in [-0.25, -0.2) is 19.6 Å². The number of thiophene rings is 1. The van der Waals surface area contributed by atoms with Crippen molar-refractivity contribution < 1.29 is 38.0 Å². The molecule has 10 rings (SSSR count). The highest BCUT2D eigenvalue weighted by Gasteiger charge is 2.25. The van der Waals surface area contributed by atoms with Crippen LogP contribution < -0.4 is 28.7 Å². The fourth-order valence-corrected chi connectivity index (χ4v) is 12.8. The van der Waals surface area contributed by atoms with Crippen molar-refractivity contribution in [2.75, 3.05) is 50.4 Å². The van der Waals surface area contributed by atoms with Crippen LogP contribution in [-0.2, 0) is 9.47 Å². The SMILES string of the molecule is CCCCCCOc1ccc(N(c2ccc(OCCCCCC)cc2)c2ccc(-c3sc(-c4ccc(N(c5ccc(OCCCCCC)cc5)c5ccc(OCCCCCC)cc5)cc4)c4nc(-c5ccc(C(=O)OC)cc5)c(-c5ccc(C(=O)OC)cc5)nc34)cc2)cc1. The van der Waals surface area contributed by atoms with Crippen LogP contribution in [0, 0.1) is 0 Å². The van der Waals surface area contributed by atoms with Crippen LogP contribution in [0.5, 0.6) is 23.0 Å². The van der Waals surface area contributed by atoms with Crippen molar-refractivity contribution in [1.29, 1.82) is 0 Å². The molecule has 2 aromatic heterocycles. The number of carbonyl (C=O) groups excluding carboxylic acids is 2. The second-order valence-electron chi connectivity index (χ2n) is 23.9. The van der Waals surface area contributed by atoms with Gasteiger partial charge in [0.2, 0.25) is 0 Å². The Balaban J connectivity index is 1.07. The van der Waals surface area contributed by atoms with Gasteiger partial charge in [0, 0.05) is 45.3 Å². The molecule has 10 aromatic rings. The van der Waals surface area contributed by atoms with Crippen LogP contribution in [0.1, 0.15) is 151 Å². The smallest absolute Gasteiger partial charge is 0.337 e. The molecule has 12 nitrogen and oxygen atoms in total. The van der Waals surface area contributed by atoms with Gasteiger partial charge in [0.05, 0.1) is 72.9 Å². The number of ether oxygens (including phenoxy) is 6. The highest BCUT2D eigenvalue weighted by atomic mass is 32.1. The minimum absolute atomic E-state index is 0.409. The van der Waals surface area contributed by atoms with Crippen molar-refractivity contribution in [2.24, 2.45) is 0 Å². The van der Waals surface area contributed by atoms with Crippen LogP contribution in [0.25, 0.3) is 54.4 Å². The predicted molar refractivity (Wildman–Crippen MR) is 390 cm³/mol. The monoisotopic (exact) mass is 1290 g/mol. The molecule has 0 atom stereocenters. The van der Waals surface area contributed by atoms with Crippen molar-refractivity contribution in [3.05, 3.63) is 205 Å². The van der Waals surface area contributed by atoms with E-state index in [1.54, 1.807) is 35.6 Å². The van der Waals surface area contributed by atoms with Crippen molar-refractivity contribution in [2.45, 2.75) is 130 Å². The normalized spacial score (nSPS) is 11.1. The molecule has 0 spiro atoms. The molecule has 0 fully saturated rings. The number of methoxy groups -OCH3 is 2. The number of aromatic nitrogens is 2. The summed E-state index contributed by atoms with van der Waals surface area (Å²) in [4.78, 5) is 43.2. The van der Waals surface area contributed by atoms with Crippen LogP contribution >= 0.6 is 11.3 Å². The highest BCUT2D eigenvalue weighted by molar-refractivity contribution is 7.20. The minimum Gasteiger partial charge on any atom is -0.494 e. The summed E-state index contributed by atoms with van der Waals surface area (Å²) in [6.45, 7) is 11.6. The summed E-state index contributed by atoms with van der Waals surface area (Å²) in [5, 5.41) is 0. The van der Waals surface area contributed by atoms with Gasteiger partial charge < -0.3 is 38.2 Å². The fraction of sp³-hybridized carbons (Fsp3) is 0.317. The lowest BCUT2D eigenvalue weighted by Crippen LogP contribution is -2.10. The maximum Gasteiger partial charge on any atom is 0.337 e. The number of anilines is 6. The van der Waals surface area contributed by atoms with Crippen LogP contribution in [0.4, 0.5) is 34.1 Å². The van der Waals surface area contributed by atoms with E-state index in [1.807, 2.05) is 24.3 Å². The molecule has 0 amide bonds. The van der Waals surface area contributed by atoms with E-state index in [1.165, 1.54) is 65.6 Å². The second kappa shape index (κ2) is 35.2. The molecule has 0 radical (unpaired) electrons. The minimum atomic E-state index is -0.442. The van der Waals surface area contributed by atoms with E-state index < -0.39 is 11.9 Å². The van der Waals surface area contributed by atoms with Crippen LogP contribution in [-0.4, -0.2) is 62.6 Å². The lowest BCUT2D eigenvalue weighted by molar-refractivity contribution is 0.0592. The van der Waals surface area contributed by atoms with Gasteiger partial charge in [0.15, 0.2) is 0 Å². The molecule has 0 aliphatic carbocycles. The number of hydrogen-bond donors (Lipinski definition) is 0. The quantitative estimate of drug-likeness (QED) is 0.0274. The van der Waals surface area contributed by atoms with Gasteiger partial charge in [-0.1, -0.05) is 153 Å². The Hall–Kier alpha value is -9.46. The molecular weight excluding hydrogens is 1200 g/mol. The van der Waals surface area contributed by atoms with E-state index >= 15 is 0 Å². The molecule has 0 bridgehead atoms. The third kappa shape index (κ3) is 18.1. The van der Waals surface area contributed by atoms with Gasteiger partial charge in [-0.05, 0) is 182 Å². The largest absolute Gasteiger partial charge is 0.494 e. The van der Waals surface area contributed by atoms with Crippen molar-refractivity contribution in [3.8, 4) is 66.4 Å². The first-order valence-electron chi connectivity index (χ1n) is 34.1. The molecule has 0 saturated carbocycles. The molecule has 2 heterocycles. The first-order chi connectivity index (χ1) is 46.7. The zero-order valence-corrected chi connectivity index (χ0v) is 56.9. The van der Waals surface area contributed by atoms with E-state index in [9.17, 15) is 9.59 Å². The maximum atomic E-state index is 12.8. The van der Waals surface area contributed by atoms with E-state index in [0.29, 0.717) is 60.0 Å². The summed E-state index contributed by atoms with van der Waals surface area (Å²) >= 11 is 1.64. The van der Waals surface area contributed by atoms with Gasteiger partial charge in [-0.15, -0.1) is 11.3 Å². The third-order valence-corrected chi connectivity index (χ3v) is 18.2. The van der Waals surface area contributed by atoms with E-state index in [-0.39, 0.29) is 0 Å². The van der Waals surface area contributed by atoms with Crippen LogP contribution in [0.3, 0.4) is 0 Å². The van der Waals surface area contributed by atoms with Gasteiger partial charge in [-0.2, -0.15) is 0 Å². The number of unbranched alkanes of at least 4 members (excludes halogenated alkanes) is 12. The number of nitrogens with zero attached hydrogens (tertiary/aromatic N) is 4. The van der Waals surface area contributed by atoms with Crippen molar-refractivity contribution in [1.82, 2.24) is 9.97 Å². The summed E-state index contributed by atoms with van der Waals surface area (Å²) in [6, 6.07) is 65.2. The van der Waals surface area contributed by atoms with Gasteiger partial charge in [0.1, 0.15) is 34.0 Å². The highest BCUT2D eigenvalue weighted by Crippen LogP contribution is 2.47. The fourth-order valence-electron chi connectivity index (χ4n) is 11.6. The van der Waals surface area contributed by atoms with Gasteiger partial charge in [0.25, 0.3) is 0 Å². The van der Waals surface area contributed by atoms with Gasteiger partial charge in [-0.3, -0.25) is 0 Å². The topological polar surface area (TPSA) is 122 Å². The Morgan fingerprint density at radius 1 is 0.316 bits per heavy atom. The van der Waals surface area contributed by atoms with Gasteiger partial charge >= 0.3 is 11.9 Å². The molecular formula is C82H90N4O8S. The third-order valence-electron chi connectivity index (χ3n) is 16.9. The number of carbonyl (C=O) groups is 2. The Kier molecular flexibility index (Phi) is 25.3. The van der Waals surface area contributed by atoms with Crippen molar-refractivity contribution in [3.63, 3.8) is 0 Å². The Bertz CT molecular complexity index is 3610. The van der Waals surface area contributed by atoms with E-state index in [2.05, 4.69) is 183 Å². The zero-order chi connectivity index (χ0) is 66.1. The molecule has 8 aromatic carbocycles. The first kappa shape index (κ1) is 68.4. The number of benzene rings is 8. The summed E-state index contributed by atoms with van der Waals surface area (Å²) < 4.78 is 35.1. The number of esters is 2. The average Bonchev–Trinajstić information content (AvgIpc) is 1.65. The molecule has 0 saturated heterocycles. The zero-order valence-electron chi connectivity index (χ0n) is 56.1. The summed E-state index contributed by atoms with van der Waals surface area (Å²) in [5.74, 6) is 2.48. The van der Waals surface area contributed by atoms with E-state index in [0.717, 1.165) is 140 Å². The summed E-state index contributed by atoms with van der Waals surface area (Å²) in [7, 11) is 2.75. The number of rotatable bonds is 36. The standard InChI is InChI=1S/C82H90N4O8S/c1-7-11-15-19-55-91-71-47-39-67(40-48-71)85(68-41-49-72(50-42-68)92-56-20-16-12-8-2)65-35-31-61(32-36-65)79-77-78(84-76(60-25-29-64(30-26-60)82(88)90-6)75(83-77)59-23-27-63(28-24-59)81(87)89-5)80(95-79)62-33-37-66(38-34-62)86(69-43-51-73(52-44-69)93-57-21-17-13-9-3)70-45-53-74(54-46-70)94-58-22-18-14-10-4/h23-54H,7-22,55-58H2,1-6H3. The van der Waals surface area contributed by atoms with E-state index in [4.69, 9.17) is 38.4 Å². The molecule has 0 unspecified atom stereocenters. The Morgan fingerprint density at radius 3 is 0.800 bits per heavy atom. The Morgan fingerprint density at radius 2 is 0.558 bits per heavy atom. The molecule has 0 aliphatic heterocycles. The first-order valence-corrected chi connectivity index (χ1v) is 35.0. The molecule has 13 heteroatoms. The molecule has 0 N–H and O–H groups in total. The predicted octanol–water partition coefficient (Wildman–Crippen LogP) is 22.7. The number of hydrogen-bond acceptors (Lipinski definition) is 13. The molecule has 492 valence electrons.